The highest BCUT2D eigenvalue weighted by atomic mass is 35.5. The number of thiophene rings is 1. The number of aryl methyl sites for hydroxylation is 1. The van der Waals surface area contributed by atoms with E-state index in [1.807, 2.05) is 6.07 Å². The summed E-state index contributed by atoms with van der Waals surface area (Å²) >= 11 is 7.74. The summed E-state index contributed by atoms with van der Waals surface area (Å²) in [5.41, 5.74) is 0. The lowest BCUT2D eigenvalue weighted by Crippen LogP contribution is -2.08. The summed E-state index contributed by atoms with van der Waals surface area (Å²) < 4.78 is 0. The van der Waals surface area contributed by atoms with Crippen molar-refractivity contribution in [1.82, 2.24) is 9.97 Å². The van der Waals surface area contributed by atoms with Crippen LogP contribution >= 0.6 is 22.9 Å². The standard InChI is InChI=1S/C13H16ClN3S/c1-3-5-12-16-11(14)8-13(17-12)15-9(2)10-6-4-7-18-10/h4,6-9H,3,5H2,1-2H3,(H,15,16,17). The second kappa shape index (κ2) is 6.16. The molecule has 0 aliphatic heterocycles. The predicted molar refractivity (Wildman–Crippen MR) is 77.4 cm³/mol. The van der Waals surface area contributed by atoms with Gasteiger partial charge in [0.25, 0.3) is 0 Å². The van der Waals surface area contributed by atoms with Gasteiger partial charge in [-0.1, -0.05) is 24.6 Å². The summed E-state index contributed by atoms with van der Waals surface area (Å²) in [4.78, 5) is 9.96. The predicted octanol–water partition coefficient (Wildman–Crippen LogP) is 4.32. The van der Waals surface area contributed by atoms with Crippen molar-refractivity contribution in [1.29, 1.82) is 0 Å². The van der Waals surface area contributed by atoms with E-state index in [0.29, 0.717) is 5.15 Å². The van der Waals surface area contributed by atoms with Crippen LogP contribution in [0.2, 0.25) is 5.15 Å². The first-order valence-electron chi connectivity index (χ1n) is 6.02. The van der Waals surface area contributed by atoms with Crippen LogP contribution in [-0.4, -0.2) is 9.97 Å². The molecule has 2 heterocycles. The minimum Gasteiger partial charge on any atom is -0.363 e. The SMILES string of the molecule is CCCc1nc(Cl)cc(NC(C)c2cccs2)n1. The monoisotopic (exact) mass is 281 g/mol. The Morgan fingerprint density at radius 3 is 2.94 bits per heavy atom. The van der Waals surface area contributed by atoms with E-state index in [9.17, 15) is 0 Å². The maximum atomic E-state index is 6.01. The van der Waals surface area contributed by atoms with E-state index in [1.165, 1.54) is 4.88 Å². The van der Waals surface area contributed by atoms with Crippen molar-refractivity contribution in [3.63, 3.8) is 0 Å². The molecule has 0 radical (unpaired) electrons. The number of anilines is 1. The Kier molecular flexibility index (Phi) is 4.55. The van der Waals surface area contributed by atoms with E-state index in [2.05, 4.69) is 40.6 Å². The average molecular weight is 282 g/mol. The second-order valence-corrected chi connectivity index (χ2v) is 5.49. The summed E-state index contributed by atoms with van der Waals surface area (Å²) in [6, 6.07) is 6.15. The van der Waals surface area contributed by atoms with Gasteiger partial charge in [0, 0.05) is 17.4 Å². The van der Waals surface area contributed by atoms with Gasteiger partial charge >= 0.3 is 0 Å². The van der Waals surface area contributed by atoms with E-state index >= 15 is 0 Å². The summed E-state index contributed by atoms with van der Waals surface area (Å²) in [6.45, 7) is 4.22. The first kappa shape index (κ1) is 13.3. The number of nitrogens with one attached hydrogen (secondary N) is 1. The zero-order chi connectivity index (χ0) is 13.0. The van der Waals surface area contributed by atoms with E-state index in [4.69, 9.17) is 11.6 Å². The molecule has 1 unspecified atom stereocenters. The largest absolute Gasteiger partial charge is 0.363 e. The third-order valence-electron chi connectivity index (χ3n) is 2.55. The molecule has 0 amide bonds. The van der Waals surface area contributed by atoms with Gasteiger partial charge in [-0.2, -0.15) is 0 Å². The molecule has 0 aromatic carbocycles. The quantitative estimate of drug-likeness (QED) is 0.830. The number of nitrogens with zero attached hydrogens (tertiary/aromatic N) is 2. The van der Waals surface area contributed by atoms with Crippen LogP contribution in [0.25, 0.3) is 0 Å². The Bertz CT molecular complexity index is 499. The molecule has 0 saturated carbocycles. The number of hydrogen-bond acceptors (Lipinski definition) is 4. The Morgan fingerprint density at radius 2 is 2.28 bits per heavy atom. The van der Waals surface area contributed by atoms with Crippen LogP contribution in [0.15, 0.2) is 23.6 Å². The molecule has 18 heavy (non-hydrogen) atoms. The molecular weight excluding hydrogens is 266 g/mol. The summed E-state index contributed by atoms with van der Waals surface area (Å²) in [5, 5.41) is 5.93. The fourth-order valence-corrected chi connectivity index (χ4v) is 2.64. The van der Waals surface area contributed by atoms with Crippen LogP contribution in [0, 0.1) is 0 Å². The van der Waals surface area contributed by atoms with Crippen molar-refractivity contribution in [2.45, 2.75) is 32.7 Å². The molecule has 0 spiro atoms. The molecule has 0 fully saturated rings. The fourth-order valence-electron chi connectivity index (χ4n) is 1.70. The van der Waals surface area contributed by atoms with Gasteiger partial charge in [0.2, 0.25) is 0 Å². The van der Waals surface area contributed by atoms with Crippen molar-refractivity contribution >= 4 is 28.8 Å². The van der Waals surface area contributed by atoms with E-state index in [1.54, 1.807) is 17.4 Å². The van der Waals surface area contributed by atoms with Crippen LogP contribution in [0.1, 0.15) is 37.0 Å². The van der Waals surface area contributed by atoms with Crippen LogP contribution in [0.4, 0.5) is 5.82 Å². The zero-order valence-electron chi connectivity index (χ0n) is 10.5. The Morgan fingerprint density at radius 1 is 1.44 bits per heavy atom. The van der Waals surface area contributed by atoms with Gasteiger partial charge in [0.05, 0.1) is 6.04 Å². The van der Waals surface area contributed by atoms with E-state index in [-0.39, 0.29) is 6.04 Å². The third-order valence-corrected chi connectivity index (χ3v) is 3.80. The van der Waals surface area contributed by atoms with Gasteiger partial charge in [-0.25, -0.2) is 9.97 Å². The second-order valence-electron chi connectivity index (χ2n) is 4.12. The average Bonchev–Trinajstić information content (AvgIpc) is 2.81. The highest BCUT2D eigenvalue weighted by Crippen LogP contribution is 2.23. The maximum Gasteiger partial charge on any atom is 0.134 e. The molecule has 1 N–H and O–H groups in total. The number of hydrogen-bond donors (Lipinski definition) is 1. The molecule has 2 aromatic heterocycles. The highest BCUT2D eigenvalue weighted by molar-refractivity contribution is 7.10. The van der Waals surface area contributed by atoms with Crippen molar-refractivity contribution in [3.8, 4) is 0 Å². The van der Waals surface area contributed by atoms with Gasteiger partial charge < -0.3 is 5.32 Å². The number of rotatable bonds is 5. The number of halogens is 1. The molecule has 2 rings (SSSR count). The van der Waals surface area contributed by atoms with Crippen LogP contribution in [0.5, 0.6) is 0 Å². The molecule has 0 aliphatic carbocycles. The van der Waals surface area contributed by atoms with Crippen LogP contribution < -0.4 is 5.32 Å². The van der Waals surface area contributed by atoms with Gasteiger partial charge in [-0.3, -0.25) is 0 Å². The summed E-state index contributed by atoms with van der Waals surface area (Å²) in [6.07, 6.45) is 1.86. The highest BCUT2D eigenvalue weighted by Gasteiger charge is 2.09. The topological polar surface area (TPSA) is 37.8 Å². The van der Waals surface area contributed by atoms with Gasteiger partial charge in [0.15, 0.2) is 0 Å². The van der Waals surface area contributed by atoms with Gasteiger partial charge in [-0.05, 0) is 24.8 Å². The summed E-state index contributed by atoms with van der Waals surface area (Å²) in [5.74, 6) is 1.59. The van der Waals surface area contributed by atoms with Crippen molar-refractivity contribution < 1.29 is 0 Å². The molecule has 3 nitrogen and oxygen atoms in total. The Labute approximate surface area is 116 Å². The maximum absolute atomic E-state index is 6.01. The normalized spacial score (nSPS) is 12.4. The smallest absolute Gasteiger partial charge is 0.134 e. The van der Waals surface area contributed by atoms with E-state index < -0.39 is 0 Å². The molecule has 96 valence electrons. The molecule has 0 saturated heterocycles. The molecule has 0 bridgehead atoms. The minimum atomic E-state index is 0.227. The first-order valence-corrected chi connectivity index (χ1v) is 7.28. The third kappa shape index (κ3) is 3.43. The lowest BCUT2D eigenvalue weighted by atomic mass is 10.2. The Balaban J connectivity index is 2.13. The molecule has 1 atom stereocenters. The van der Waals surface area contributed by atoms with Crippen molar-refractivity contribution in [3.05, 3.63) is 39.4 Å². The molecule has 2 aromatic rings. The van der Waals surface area contributed by atoms with Gasteiger partial charge in [-0.15, -0.1) is 11.3 Å². The lowest BCUT2D eigenvalue weighted by molar-refractivity contribution is 0.823. The van der Waals surface area contributed by atoms with Crippen LogP contribution in [0.3, 0.4) is 0 Å². The summed E-state index contributed by atoms with van der Waals surface area (Å²) in [7, 11) is 0. The Hall–Kier alpha value is -1.13. The molecule has 0 aliphatic rings. The minimum absolute atomic E-state index is 0.227. The van der Waals surface area contributed by atoms with Crippen LogP contribution in [-0.2, 0) is 6.42 Å². The number of aromatic nitrogens is 2. The molecular formula is C13H16ClN3S. The zero-order valence-corrected chi connectivity index (χ0v) is 12.1. The van der Waals surface area contributed by atoms with Crippen molar-refractivity contribution in [2.24, 2.45) is 0 Å². The fraction of sp³-hybridized carbons (Fsp3) is 0.385. The lowest BCUT2D eigenvalue weighted by Gasteiger charge is -2.13. The van der Waals surface area contributed by atoms with E-state index in [0.717, 1.165) is 24.5 Å². The van der Waals surface area contributed by atoms with Crippen molar-refractivity contribution in [2.75, 3.05) is 5.32 Å². The first-order chi connectivity index (χ1) is 8.69. The molecule has 5 heteroatoms. The van der Waals surface area contributed by atoms with Gasteiger partial charge in [0.1, 0.15) is 16.8 Å².